The van der Waals surface area contributed by atoms with E-state index < -0.39 is 24.4 Å². The maximum atomic E-state index is 9.97. The molecule has 2 bridgehead atoms. The van der Waals surface area contributed by atoms with E-state index in [9.17, 15) is 10.2 Å². The van der Waals surface area contributed by atoms with Crippen molar-refractivity contribution in [2.75, 3.05) is 5.73 Å². The number of aliphatic hydroxyl groups excluding tert-OH is 2. The zero-order chi connectivity index (χ0) is 12.4. The highest BCUT2D eigenvalue weighted by Gasteiger charge is 2.49. The highest BCUT2D eigenvalue weighted by atomic mass is 16.5. The monoisotopic (exact) mass is 249 g/mol. The second kappa shape index (κ2) is 3.16. The molecule has 0 unspecified atom stereocenters. The molecule has 0 radical (unpaired) electrons. The van der Waals surface area contributed by atoms with E-state index in [0.29, 0.717) is 29.1 Å². The van der Waals surface area contributed by atoms with Gasteiger partial charge in [-0.2, -0.15) is 5.10 Å². The number of nitrogens with zero attached hydrogens (tertiary/aromatic N) is 4. The van der Waals surface area contributed by atoms with Gasteiger partial charge in [-0.3, -0.25) is 4.68 Å². The van der Waals surface area contributed by atoms with Crippen LogP contribution in [0.3, 0.4) is 0 Å². The Balaban J connectivity index is 1.99. The van der Waals surface area contributed by atoms with Crippen molar-refractivity contribution in [2.24, 2.45) is 0 Å². The van der Waals surface area contributed by atoms with E-state index in [-0.39, 0.29) is 0 Å². The summed E-state index contributed by atoms with van der Waals surface area (Å²) in [4.78, 5) is 8.03. The third-order valence-electron chi connectivity index (χ3n) is 3.58. The summed E-state index contributed by atoms with van der Waals surface area (Å²) < 4.78 is 7.28. The van der Waals surface area contributed by atoms with Crippen LogP contribution in [-0.4, -0.2) is 48.3 Å². The molecule has 8 nitrogen and oxygen atoms in total. The molecule has 4 N–H and O–H groups in total. The van der Waals surface area contributed by atoms with Crippen LogP contribution in [0.25, 0.3) is 11.0 Å². The first kappa shape index (κ1) is 10.2. The van der Waals surface area contributed by atoms with Crippen LogP contribution < -0.4 is 5.73 Å². The molecule has 0 saturated carbocycles. The van der Waals surface area contributed by atoms with E-state index in [1.54, 1.807) is 4.68 Å². The maximum Gasteiger partial charge on any atom is 0.155 e. The highest BCUT2D eigenvalue weighted by Crippen LogP contribution is 2.41. The topological polar surface area (TPSA) is 119 Å². The van der Waals surface area contributed by atoms with E-state index in [1.807, 2.05) is 0 Å². The number of hydrogen-bond donors (Lipinski definition) is 3. The van der Waals surface area contributed by atoms with Gasteiger partial charge in [0.25, 0.3) is 0 Å². The molecule has 18 heavy (non-hydrogen) atoms. The van der Waals surface area contributed by atoms with Crippen LogP contribution in [0.5, 0.6) is 0 Å². The number of nitrogens with two attached hydrogens (primary N) is 1. The molecule has 4 rings (SSSR count). The van der Waals surface area contributed by atoms with Crippen LogP contribution in [0.1, 0.15) is 11.8 Å². The van der Waals surface area contributed by atoms with Gasteiger partial charge in [-0.05, 0) is 0 Å². The quantitative estimate of drug-likeness (QED) is 0.524. The molecule has 0 spiro atoms. The lowest BCUT2D eigenvalue weighted by Gasteiger charge is -2.22. The maximum absolute atomic E-state index is 9.97. The van der Waals surface area contributed by atoms with Crippen molar-refractivity contribution in [3.8, 4) is 0 Å². The molecule has 4 heterocycles. The summed E-state index contributed by atoms with van der Waals surface area (Å²) in [5.41, 5.74) is 7.47. The van der Waals surface area contributed by atoms with Gasteiger partial charge in [0.2, 0.25) is 0 Å². The van der Waals surface area contributed by atoms with Gasteiger partial charge in [0, 0.05) is 0 Å². The summed E-state index contributed by atoms with van der Waals surface area (Å²) in [7, 11) is 0. The molecule has 1 fully saturated rings. The van der Waals surface area contributed by atoms with Crippen molar-refractivity contribution in [3.05, 3.63) is 12.0 Å². The van der Waals surface area contributed by atoms with Gasteiger partial charge in [-0.15, -0.1) is 0 Å². The van der Waals surface area contributed by atoms with Crippen molar-refractivity contribution in [1.82, 2.24) is 19.7 Å². The smallest absolute Gasteiger partial charge is 0.155 e. The number of fused-ring (bicyclic) bond motifs is 6. The molecule has 1 saturated heterocycles. The second-order valence-electron chi connectivity index (χ2n) is 4.60. The van der Waals surface area contributed by atoms with Crippen molar-refractivity contribution >= 4 is 16.9 Å². The number of nitrogen functional groups attached to an aromatic ring is 1. The van der Waals surface area contributed by atoms with E-state index in [2.05, 4.69) is 15.1 Å². The fourth-order valence-corrected chi connectivity index (χ4v) is 2.69. The zero-order valence-corrected chi connectivity index (χ0v) is 9.26. The van der Waals surface area contributed by atoms with Crippen LogP contribution in [0.2, 0.25) is 0 Å². The third kappa shape index (κ3) is 1.07. The number of aliphatic hydroxyl groups is 2. The highest BCUT2D eigenvalue weighted by molar-refractivity contribution is 5.86. The largest absolute Gasteiger partial charge is 0.388 e. The van der Waals surface area contributed by atoms with Crippen molar-refractivity contribution in [3.63, 3.8) is 0 Å². The standard InChI is InChI=1S/C10H11N5O3/c11-10-5-4(12-2-13-10)6-9-8(17)7(16)3(18-9)1-15(6)14-5/h2-3,7-9,16-17H,1H2,(H2,11,12,13)/t3-,7-,8-,9+/m1/s1. The first-order valence-corrected chi connectivity index (χ1v) is 5.65. The number of ether oxygens (including phenoxy) is 1. The van der Waals surface area contributed by atoms with Crippen LogP contribution in [0, 0.1) is 0 Å². The molecule has 2 aliphatic heterocycles. The van der Waals surface area contributed by atoms with Crippen LogP contribution >= 0.6 is 0 Å². The minimum absolute atomic E-state index is 0.299. The average Bonchev–Trinajstić information content (AvgIpc) is 2.84. The number of anilines is 1. The lowest BCUT2D eigenvalue weighted by atomic mass is 10.1. The number of hydrogen-bond acceptors (Lipinski definition) is 7. The van der Waals surface area contributed by atoms with E-state index in [1.165, 1.54) is 6.33 Å². The Bertz CT molecular complexity index is 642. The van der Waals surface area contributed by atoms with Gasteiger partial charge in [0.05, 0.1) is 12.2 Å². The Morgan fingerprint density at radius 3 is 2.94 bits per heavy atom. The Morgan fingerprint density at radius 1 is 1.28 bits per heavy atom. The second-order valence-corrected chi connectivity index (χ2v) is 4.60. The van der Waals surface area contributed by atoms with E-state index >= 15 is 0 Å². The molecule has 8 heteroatoms. The molecule has 2 aliphatic rings. The van der Waals surface area contributed by atoms with E-state index in [0.717, 1.165) is 0 Å². The summed E-state index contributed by atoms with van der Waals surface area (Å²) in [6.45, 7) is 0.375. The summed E-state index contributed by atoms with van der Waals surface area (Å²) in [6.07, 6.45) is -1.57. The molecule has 4 atom stereocenters. The Morgan fingerprint density at radius 2 is 2.11 bits per heavy atom. The van der Waals surface area contributed by atoms with Gasteiger partial charge < -0.3 is 20.7 Å². The predicted octanol–water partition coefficient (Wildman–Crippen LogP) is -1.42. The van der Waals surface area contributed by atoms with Crippen LogP contribution in [0.15, 0.2) is 6.33 Å². The Hall–Kier alpha value is -1.77. The Labute approximate surface area is 101 Å². The van der Waals surface area contributed by atoms with Gasteiger partial charge in [0.15, 0.2) is 11.3 Å². The predicted molar refractivity (Wildman–Crippen MR) is 59.4 cm³/mol. The lowest BCUT2D eigenvalue weighted by Crippen LogP contribution is -2.31. The molecular formula is C10H11N5O3. The molecule has 94 valence electrons. The van der Waals surface area contributed by atoms with Gasteiger partial charge in [0.1, 0.15) is 36.3 Å². The molecule has 0 amide bonds. The van der Waals surface area contributed by atoms with Crippen molar-refractivity contribution in [2.45, 2.75) is 31.0 Å². The number of rotatable bonds is 0. The van der Waals surface area contributed by atoms with Crippen LogP contribution in [-0.2, 0) is 11.3 Å². The average molecular weight is 249 g/mol. The normalized spacial score (nSPS) is 33.9. The molecule has 2 aromatic rings. The lowest BCUT2D eigenvalue weighted by molar-refractivity contribution is -0.0273. The Kier molecular flexibility index (Phi) is 1.79. The first-order valence-electron chi connectivity index (χ1n) is 5.65. The van der Waals surface area contributed by atoms with Crippen molar-refractivity contribution < 1.29 is 14.9 Å². The minimum Gasteiger partial charge on any atom is -0.388 e. The number of aromatic nitrogens is 4. The van der Waals surface area contributed by atoms with Gasteiger partial charge >= 0.3 is 0 Å². The van der Waals surface area contributed by atoms with Crippen LogP contribution in [0.4, 0.5) is 5.82 Å². The SMILES string of the molecule is Nc1ncnc2c3n(nc12)C[C@H]1O[C@@H]3[C@H](O)[C@@H]1O. The summed E-state index contributed by atoms with van der Waals surface area (Å²) in [5, 5.41) is 24.1. The van der Waals surface area contributed by atoms with E-state index in [4.69, 9.17) is 10.5 Å². The summed E-state index contributed by atoms with van der Waals surface area (Å²) in [5.74, 6) is 0.299. The van der Waals surface area contributed by atoms with Gasteiger partial charge in [-0.1, -0.05) is 0 Å². The molecule has 2 aromatic heterocycles. The van der Waals surface area contributed by atoms with Gasteiger partial charge in [-0.25, -0.2) is 9.97 Å². The third-order valence-corrected chi connectivity index (χ3v) is 3.58. The van der Waals surface area contributed by atoms with Crippen molar-refractivity contribution in [1.29, 1.82) is 0 Å². The molecule has 0 aliphatic carbocycles. The minimum atomic E-state index is -0.965. The summed E-state index contributed by atoms with van der Waals surface area (Å²) >= 11 is 0. The molecular weight excluding hydrogens is 238 g/mol. The zero-order valence-electron chi connectivity index (χ0n) is 9.26. The fourth-order valence-electron chi connectivity index (χ4n) is 2.69. The molecule has 0 aromatic carbocycles. The first-order chi connectivity index (χ1) is 8.66. The summed E-state index contributed by atoms with van der Waals surface area (Å²) in [6, 6.07) is 0. The fraction of sp³-hybridized carbons (Fsp3) is 0.500.